The van der Waals surface area contributed by atoms with Crippen molar-refractivity contribution in [1.29, 1.82) is 0 Å². The van der Waals surface area contributed by atoms with Gasteiger partial charge in [-0.05, 0) is 81.5 Å². The molecular formula is C26H26N4O4. The van der Waals surface area contributed by atoms with E-state index >= 15 is 0 Å². The normalized spacial score (nSPS) is 13.3. The summed E-state index contributed by atoms with van der Waals surface area (Å²) in [5, 5.41) is 34.0. The number of rotatable bonds is 4. The first-order chi connectivity index (χ1) is 16.4. The number of aromatic carboxylic acids is 1. The molecule has 2 heterocycles. The van der Waals surface area contributed by atoms with Gasteiger partial charge in [0.1, 0.15) is 11.5 Å². The molecule has 1 fully saturated rings. The highest BCUT2D eigenvalue weighted by molar-refractivity contribution is 5.87. The van der Waals surface area contributed by atoms with Crippen molar-refractivity contribution in [1.82, 2.24) is 19.7 Å². The minimum absolute atomic E-state index is 0.0298. The second kappa shape index (κ2) is 10.2. The maximum Gasteiger partial charge on any atom is 0.335 e. The molecule has 0 atom stereocenters. The van der Waals surface area contributed by atoms with Gasteiger partial charge in [0.25, 0.3) is 0 Å². The van der Waals surface area contributed by atoms with Crippen LogP contribution in [-0.2, 0) is 0 Å². The molecule has 5 rings (SSSR count). The third-order valence-corrected chi connectivity index (χ3v) is 5.59. The second-order valence-electron chi connectivity index (χ2n) is 8.07. The molecule has 1 aromatic heterocycles. The molecule has 174 valence electrons. The number of phenolic OH excluding ortho intramolecular Hbond substituents is 2. The predicted molar refractivity (Wildman–Crippen MR) is 129 cm³/mol. The van der Waals surface area contributed by atoms with E-state index in [1.54, 1.807) is 54.6 Å². The number of likely N-dealkylation sites (tertiary alicyclic amines) is 1. The summed E-state index contributed by atoms with van der Waals surface area (Å²) in [6.45, 7) is 2.64. The summed E-state index contributed by atoms with van der Waals surface area (Å²) < 4.78 is 1.50. The van der Waals surface area contributed by atoms with Crippen LogP contribution in [0, 0.1) is 0 Å². The Morgan fingerprint density at radius 1 is 0.824 bits per heavy atom. The third kappa shape index (κ3) is 5.07. The Labute approximate surface area is 197 Å². The molecule has 0 bridgehead atoms. The number of aromatic nitrogens is 3. The van der Waals surface area contributed by atoms with Crippen LogP contribution in [0.1, 0.15) is 23.2 Å². The van der Waals surface area contributed by atoms with Gasteiger partial charge in [0.2, 0.25) is 0 Å². The van der Waals surface area contributed by atoms with Crippen LogP contribution < -0.4 is 0 Å². The summed E-state index contributed by atoms with van der Waals surface area (Å²) in [7, 11) is 2.17. The molecule has 1 saturated heterocycles. The van der Waals surface area contributed by atoms with Gasteiger partial charge < -0.3 is 20.2 Å². The van der Waals surface area contributed by atoms with Crippen molar-refractivity contribution >= 4 is 5.97 Å². The van der Waals surface area contributed by atoms with Crippen LogP contribution in [0.3, 0.4) is 0 Å². The number of carboxylic acid groups (broad SMARTS) is 1. The van der Waals surface area contributed by atoms with E-state index in [0.29, 0.717) is 22.6 Å². The number of para-hydroxylation sites is 2. The highest BCUT2D eigenvalue weighted by Gasteiger charge is 2.19. The second-order valence-corrected chi connectivity index (χ2v) is 8.07. The van der Waals surface area contributed by atoms with E-state index in [4.69, 9.17) is 5.11 Å². The van der Waals surface area contributed by atoms with Crippen LogP contribution in [0.4, 0.5) is 0 Å². The molecule has 0 aliphatic carbocycles. The fraction of sp³-hybridized carbons (Fsp3) is 0.192. The Hall–Kier alpha value is -4.17. The van der Waals surface area contributed by atoms with Crippen molar-refractivity contribution in [2.45, 2.75) is 12.8 Å². The summed E-state index contributed by atoms with van der Waals surface area (Å²) in [6.07, 6.45) is 2.83. The number of benzene rings is 3. The fourth-order valence-corrected chi connectivity index (χ4v) is 3.73. The molecule has 1 aliphatic heterocycles. The van der Waals surface area contributed by atoms with Gasteiger partial charge in [-0.15, -0.1) is 5.10 Å². The number of phenols is 2. The SMILES string of the molecule is CN1CCCC1.O=C(O)c1ccc(-n2nc(-c3ccccc3O)nc2-c2ccccc2O)cc1. The first kappa shape index (κ1) is 23.0. The largest absolute Gasteiger partial charge is 0.507 e. The summed E-state index contributed by atoms with van der Waals surface area (Å²) in [5.41, 5.74) is 1.62. The van der Waals surface area contributed by atoms with Crippen LogP contribution >= 0.6 is 0 Å². The number of nitrogens with zero attached hydrogens (tertiary/aromatic N) is 4. The molecule has 8 heteroatoms. The molecule has 4 aromatic rings. The monoisotopic (exact) mass is 458 g/mol. The standard InChI is InChI=1S/C21H15N3O4.C5H11N/c25-17-7-3-1-5-15(17)19-22-20(16-6-2-4-8-18(16)26)24(23-19)14-11-9-13(10-12-14)21(27)28;1-6-4-2-3-5-6/h1-12,25-26H,(H,27,28);2-5H2,1H3. The van der Waals surface area contributed by atoms with Gasteiger partial charge in [0, 0.05) is 0 Å². The molecule has 8 nitrogen and oxygen atoms in total. The van der Waals surface area contributed by atoms with E-state index in [2.05, 4.69) is 22.0 Å². The highest BCUT2D eigenvalue weighted by atomic mass is 16.4. The molecule has 3 N–H and O–H groups in total. The van der Waals surface area contributed by atoms with Crippen molar-refractivity contribution in [3.63, 3.8) is 0 Å². The Morgan fingerprint density at radius 2 is 1.38 bits per heavy atom. The average Bonchev–Trinajstić information content (AvgIpc) is 3.50. The van der Waals surface area contributed by atoms with Gasteiger partial charge in [-0.2, -0.15) is 0 Å². The molecule has 1 aliphatic rings. The van der Waals surface area contributed by atoms with Crippen LogP contribution in [-0.4, -0.2) is 61.1 Å². The van der Waals surface area contributed by atoms with E-state index in [1.807, 2.05) is 0 Å². The van der Waals surface area contributed by atoms with Gasteiger partial charge in [0.05, 0.1) is 22.4 Å². The maximum atomic E-state index is 11.1. The van der Waals surface area contributed by atoms with Crippen molar-refractivity contribution < 1.29 is 20.1 Å². The lowest BCUT2D eigenvalue weighted by Gasteiger charge is -2.07. The minimum Gasteiger partial charge on any atom is -0.507 e. The van der Waals surface area contributed by atoms with E-state index < -0.39 is 5.97 Å². The molecular weight excluding hydrogens is 432 g/mol. The van der Waals surface area contributed by atoms with E-state index in [1.165, 1.54) is 48.8 Å². The van der Waals surface area contributed by atoms with Gasteiger partial charge in [-0.3, -0.25) is 0 Å². The van der Waals surface area contributed by atoms with E-state index in [9.17, 15) is 15.0 Å². The highest BCUT2D eigenvalue weighted by Crippen LogP contribution is 2.33. The lowest BCUT2D eigenvalue weighted by atomic mass is 10.1. The lowest BCUT2D eigenvalue weighted by molar-refractivity contribution is 0.0697. The first-order valence-electron chi connectivity index (χ1n) is 11.0. The summed E-state index contributed by atoms with van der Waals surface area (Å²) in [6, 6.07) is 19.5. The smallest absolute Gasteiger partial charge is 0.335 e. The van der Waals surface area contributed by atoms with Crippen LogP contribution in [0.15, 0.2) is 72.8 Å². The Kier molecular flexibility index (Phi) is 6.89. The zero-order chi connectivity index (χ0) is 24.1. The average molecular weight is 459 g/mol. The lowest BCUT2D eigenvalue weighted by Crippen LogP contribution is -2.10. The van der Waals surface area contributed by atoms with Gasteiger partial charge in [-0.25, -0.2) is 14.5 Å². The van der Waals surface area contributed by atoms with Gasteiger partial charge >= 0.3 is 5.97 Å². The molecule has 0 amide bonds. The topological polar surface area (TPSA) is 112 Å². The van der Waals surface area contributed by atoms with E-state index in [-0.39, 0.29) is 22.9 Å². The summed E-state index contributed by atoms with van der Waals surface area (Å²) in [5.74, 6) is -0.328. The summed E-state index contributed by atoms with van der Waals surface area (Å²) in [4.78, 5) is 18.0. The summed E-state index contributed by atoms with van der Waals surface area (Å²) >= 11 is 0. The Balaban J connectivity index is 0.000000398. The van der Waals surface area contributed by atoms with E-state index in [0.717, 1.165) is 0 Å². The number of carbonyl (C=O) groups is 1. The molecule has 0 spiro atoms. The van der Waals surface area contributed by atoms with Gasteiger partial charge in [-0.1, -0.05) is 24.3 Å². The zero-order valence-electron chi connectivity index (χ0n) is 18.8. The Morgan fingerprint density at radius 3 is 1.88 bits per heavy atom. The van der Waals surface area contributed by atoms with Crippen molar-refractivity contribution in [2.75, 3.05) is 20.1 Å². The van der Waals surface area contributed by atoms with Crippen LogP contribution in [0.5, 0.6) is 11.5 Å². The van der Waals surface area contributed by atoms with Crippen LogP contribution in [0.2, 0.25) is 0 Å². The zero-order valence-corrected chi connectivity index (χ0v) is 18.8. The van der Waals surface area contributed by atoms with Gasteiger partial charge in [0.15, 0.2) is 11.6 Å². The molecule has 3 aromatic carbocycles. The maximum absolute atomic E-state index is 11.1. The molecule has 34 heavy (non-hydrogen) atoms. The van der Waals surface area contributed by atoms with Crippen molar-refractivity contribution in [3.05, 3.63) is 78.4 Å². The number of hydrogen-bond donors (Lipinski definition) is 3. The fourth-order valence-electron chi connectivity index (χ4n) is 3.73. The molecule has 0 saturated carbocycles. The molecule has 0 unspecified atom stereocenters. The van der Waals surface area contributed by atoms with Crippen LogP contribution in [0.25, 0.3) is 28.5 Å². The number of carboxylic acids is 1. The third-order valence-electron chi connectivity index (χ3n) is 5.59. The minimum atomic E-state index is -1.03. The first-order valence-corrected chi connectivity index (χ1v) is 11.0. The predicted octanol–water partition coefficient (Wildman–Crippen LogP) is 4.42. The Bertz CT molecular complexity index is 1280. The van der Waals surface area contributed by atoms with Crippen molar-refractivity contribution in [3.8, 4) is 40.0 Å². The molecule has 0 radical (unpaired) electrons. The number of hydrogen-bond acceptors (Lipinski definition) is 6. The quantitative estimate of drug-likeness (QED) is 0.415. The number of aromatic hydroxyl groups is 2. The van der Waals surface area contributed by atoms with Crippen molar-refractivity contribution in [2.24, 2.45) is 0 Å².